The molecule has 4 rings (SSSR count). The van der Waals surface area contributed by atoms with E-state index in [-0.39, 0.29) is 33.3 Å². The maximum absolute atomic E-state index is 14.3. The number of nitrogens with zero attached hydrogens (tertiary/aromatic N) is 1. The second-order valence-electron chi connectivity index (χ2n) is 5.65. The van der Waals surface area contributed by atoms with Crippen molar-refractivity contribution in [1.82, 2.24) is 4.90 Å². The molecule has 4 nitrogen and oxygen atoms in total. The van der Waals surface area contributed by atoms with E-state index in [4.69, 9.17) is 16.0 Å². The lowest BCUT2D eigenvalue weighted by Crippen LogP contribution is -2.25. The summed E-state index contributed by atoms with van der Waals surface area (Å²) in [7, 11) is 1.52. The van der Waals surface area contributed by atoms with Gasteiger partial charge in [0.1, 0.15) is 11.4 Å². The molecule has 1 aliphatic rings. The van der Waals surface area contributed by atoms with Crippen LogP contribution in [0.4, 0.5) is 4.39 Å². The average Bonchev–Trinajstić information content (AvgIpc) is 2.81. The van der Waals surface area contributed by atoms with Crippen molar-refractivity contribution in [2.45, 2.75) is 6.04 Å². The minimum absolute atomic E-state index is 0.0504. The highest BCUT2D eigenvalue weighted by Gasteiger charge is 2.41. The van der Waals surface area contributed by atoms with Gasteiger partial charge in [-0.15, -0.1) is 0 Å². The number of hydrogen-bond donors (Lipinski definition) is 0. The molecule has 0 aliphatic carbocycles. The number of carbonyl (C=O) groups excluding carboxylic acids is 1. The van der Waals surface area contributed by atoms with Crippen LogP contribution >= 0.6 is 11.6 Å². The molecular weight excluding hydrogens is 333 g/mol. The summed E-state index contributed by atoms with van der Waals surface area (Å²) in [5.74, 6) is -0.988. The van der Waals surface area contributed by atoms with Crippen LogP contribution in [-0.2, 0) is 0 Å². The molecule has 120 valence electrons. The monoisotopic (exact) mass is 343 g/mol. The van der Waals surface area contributed by atoms with Gasteiger partial charge in [0.05, 0.1) is 17.0 Å². The standard InChI is InChI=1S/C18H11ClFNO3/c1-21-15(10-4-2-3-5-12(10)20)14-16(22)11-8-9(19)6-7-13(11)24-17(14)18(21)23/h2-8,15H,1H3/t15-/m0/s1. The van der Waals surface area contributed by atoms with Gasteiger partial charge in [-0.05, 0) is 24.3 Å². The molecule has 0 spiro atoms. The molecule has 1 amide bonds. The lowest BCUT2D eigenvalue weighted by molar-refractivity contribution is 0.0770. The smallest absolute Gasteiger partial charge is 0.290 e. The molecule has 1 atom stereocenters. The first kappa shape index (κ1) is 14.9. The van der Waals surface area contributed by atoms with Gasteiger partial charge < -0.3 is 9.32 Å². The van der Waals surface area contributed by atoms with Crippen molar-refractivity contribution >= 4 is 28.5 Å². The van der Waals surface area contributed by atoms with Crippen LogP contribution in [0.3, 0.4) is 0 Å². The van der Waals surface area contributed by atoms with E-state index in [9.17, 15) is 14.0 Å². The summed E-state index contributed by atoms with van der Waals surface area (Å²) in [5.41, 5.74) is 0.293. The lowest BCUT2D eigenvalue weighted by Gasteiger charge is -2.20. The Hall–Kier alpha value is -2.66. The highest BCUT2D eigenvalue weighted by atomic mass is 35.5. The number of amides is 1. The Morgan fingerprint density at radius 2 is 1.92 bits per heavy atom. The third-order valence-corrected chi connectivity index (χ3v) is 4.50. The van der Waals surface area contributed by atoms with Gasteiger partial charge in [0.2, 0.25) is 5.76 Å². The zero-order chi connectivity index (χ0) is 17.0. The van der Waals surface area contributed by atoms with E-state index < -0.39 is 17.8 Å². The molecule has 2 heterocycles. The molecule has 24 heavy (non-hydrogen) atoms. The van der Waals surface area contributed by atoms with Crippen LogP contribution in [0.5, 0.6) is 0 Å². The maximum atomic E-state index is 14.3. The van der Waals surface area contributed by atoms with Crippen molar-refractivity contribution in [2.75, 3.05) is 7.05 Å². The first-order chi connectivity index (χ1) is 11.5. The molecule has 0 bridgehead atoms. The first-order valence-electron chi connectivity index (χ1n) is 7.27. The quantitative estimate of drug-likeness (QED) is 0.676. The van der Waals surface area contributed by atoms with Gasteiger partial charge >= 0.3 is 0 Å². The summed E-state index contributed by atoms with van der Waals surface area (Å²) >= 11 is 5.96. The van der Waals surface area contributed by atoms with Crippen LogP contribution in [0.2, 0.25) is 5.02 Å². The third-order valence-electron chi connectivity index (χ3n) is 4.26. The summed E-state index contributed by atoms with van der Waals surface area (Å²) in [6.07, 6.45) is 0. The zero-order valence-electron chi connectivity index (χ0n) is 12.5. The predicted molar refractivity (Wildman–Crippen MR) is 87.8 cm³/mol. The molecule has 0 unspecified atom stereocenters. The Kier molecular flexibility index (Phi) is 3.21. The minimum atomic E-state index is -0.826. The van der Waals surface area contributed by atoms with Gasteiger partial charge in [0.25, 0.3) is 5.91 Å². The SMILES string of the molecule is CN1C(=O)c2oc3ccc(Cl)cc3c(=O)c2[C@@H]1c1ccccc1F. The van der Waals surface area contributed by atoms with Crippen LogP contribution in [0.15, 0.2) is 51.7 Å². The normalized spacial score (nSPS) is 16.7. The van der Waals surface area contributed by atoms with Gasteiger partial charge in [-0.2, -0.15) is 0 Å². The number of benzene rings is 2. The maximum Gasteiger partial charge on any atom is 0.290 e. The molecule has 0 radical (unpaired) electrons. The fraction of sp³-hybridized carbons (Fsp3) is 0.111. The second kappa shape index (κ2) is 5.18. The Labute approximate surface area is 141 Å². The van der Waals surface area contributed by atoms with Crippen molar-refractivity contribution in [1.29, 1.82) is 0 Å². The summed E-state index contributed by atoms with van der Waals surface area (Å²) in [4.78, 5) is 26.8. The van der Waals surface area contributed by atoms with E-state index in [0.29, 0.717) is 5.02 Å². The van der Waals surface area contributed by atoms with Crippen LogP contribution in [-0.4, -0.2) is 17.9 Å². The summed E-state index contributed by atoms with van der Waals surface area (Å²) in [5, 5.41) is 0.653. The Morgan fingerprint density at radius 1 is 1.17 bits per heavy atom. The number of rotatable bonds is 1. The van der Waals surface area contributed by atoms with Gasteiger partial charge in [0, 0.05) is 17.6 Å². The van der Waals surface area contributed by atoms with Crippen molar-refractivity contribution in [2.24, 2.45) is 0 Å². The summed E-state index contributed by atoms with van der Waals surface area (Å²) in [6, 6.07) is 9.86. The topological polar surface area (TPSA) is 50.5 Å². The van der Waals surface area contributed by atoms with Gasteiger partial charge in [0.15, 0.2) is 5.43 Å². The Bertz CT molecular complexity index is 1060. The van der Waals surface area contributed by atoms with E-state index in [1.54, 1.807) is 30.3 Å². The Balaban J connectivity index is 2.08. The van der Waals surface area contributed by atoms with Crippen molar-refractivity contribution in [3.63, 3.8) is 0 Å². The predicted octanol–water partition coefficient (Wildman–Crippen LogP) is 3.76. The van der Waals surface area contributed by atoms with Crippen LogP contribution in [0, 0.1) is 5.82 Å². The molecular formula is C18H11ClFNO3. The molecule has 0 saturated heterocycles. The average molecular weight is 344 g/mol. The first-order valence-corrected chi connectivity index (χ1v) is 7.64. The number of fused-ring (bicyclic) bond motifs is 2. The second-order valence-corrected chi connectivity index (χ2v) is 6.09. The van der Waals surface area contributed by atoms with Crippen molar-refractivity contribution in [3.05, 3.63) is 80.4 Å². The molecule has 0 saturated carbocycles. The van der Waals surface area contributed by atoms with E-state index in [1.165, 1.54) is 24.1 Å². The number of halogens is 2. The van der Waals surface area contributed by atoms with Crippen LogP contribution < -0.4 is 5.43 Å². The lowest BCUT2D eigenvalue weighted by atomic mass is 9.98. The van der Waals surface area contributed by atoms with Crippen LogP contribution in [0.25, 0.3) is 11.0 Å². The van der Waals surface area contributed by atoms with E-state index in [1.807, 2.05) is 0 Å². The van der Waals surface area contributed by atoms with Crippen molar-refractivity contribution in [3.8, 4) is 0 Å². The van der Waals surface area contributed by atoms with Gasteiger partial charge in [-0.1, -0.05) is 29.8 Å². The van der Waals surface area contributed by atoms with E-state index >= 15 is 0 Å². The minimum Gasteiger partial charge on any atom is -0.450 e. The highest BCUT2D eigenvalue weighted by Crippen LogP contribution is 2.38. The molecule has 0 fully saturated rings. The van der Waals surface area contributed by atoms with E-state index in [2.05, 4.69) is 0 Å². The summed E-state index contributed by atoms with van der Waals surface area (Å²) < 4.78 is 19.9. The molecule has 1 aromatic heterocycles. The molecule has 6 heteroatoms. The molecule has 3 aromatic rings. The fourth-order valence-corrected chi connectivity index (χ4v) is 3.29. The zero-order valence-corrected chi connectivity index (χ0v) is 13.3. The Morgan fingerprint density at radius 3 is 2.67 bits per heavy atom. The third kappa shape index (κ3) is 1.98. The number of carbonyl (C=O) groups is 1. The van der Waals surface area contributed by atoms with E-state index in [0.717, 1.165) is 0 Å². The van der Waals surface area contributed by atoms with Crippen LogP contribution in [0.1, 0.15) is 27.7 Å². The highest BCUT2D eigenvalue weighted by molar-refractivity contribution is 6.31. The van der Waals surface area contributed by atoms with Gasteiger partial charge in [-0.25, -0.2) is 4.39 Å². The molecule has 0 N–H and O–H groups in total. The largest absolute Gasteiger partial charge is 0.450 e. The fourth-order valence-electron chi connectivity index (χ4n) is 3.12. The summed E-state index contributed by atoms with van der Waals surface area (Å²) in [6.45, 7) is 0. The van der Waals surface area contributed by atoms with Crippen molar-refractivity contribution < 1.29 is 13.6 Å². The molecule has 1 aliphatic heterocycles. The number of hydrogen-bond acceptors (Lipinski definition) is 3. The molecule has 2 aromatic carbocycles. The van der Waals surface area contributed by atoms with Gasteiger partial charge in [-0.3, -0.25) is 9.59 Å².